The van der Waals surface area contributed by atoms with Crippen LogP contribution in [0.4, 0.5) is 0 Å². The molecule has 1 unspecified atom stereocenters. The lowest BCUT2D eigenvalue weighted by molar-refractivity contribution is 0.357. The first-order chi connectivity index (χ1) is 10.5. The number of nitrogens with zero attached hydrogens (tertiary/aromatic N) is 2. The van der Waals surface area contributed by atoms with Gasteiger partial charge in [0.05, 0.1) is 0 Å². The van der Waals surface area contributed by atoms with Crippen LogP contribution in [0.5, 0.6) is 0 Å². The van der Waals surface area contributed by atoms with E-state index in [1.54, 1.807) is 12.4 Å². The largest absolute Gasteiger partial charge is 0.384 e. The van der Waals surface area contributed by atoms with Crippen LogP contribution >= 0.6 is 0 Å². The number of hydrogen-bond donors (Lipinski definition) is 4. The Morgan fingerprint density at radius 3 is 3.05 bits per heavy atom. The molecule has 0 aromatic carbocycles. The van der Waals surface area contributed by atoms with Gasteiger partial charge in [-0.15, -0.1) is 0 Å². The smallest absolute Gasteiger partial charge is 0.124 e. The summed E-state index contributed by atoms with van der Waals surface area (Å²) >= 11 is 0. The molecule has 2 heterocycles. The van der Waals surface area contributed by atoms with Gasteiger partial charge in [0.2, 0.25) is 0 Å². The quantitative estimate of drug-likeness (QED) is 0.455. The van der Waals surface area contributed by atoms with Gasteiger partial charge in [0.1, 0.15) is 5.84 Å². The monoisotopic (exact) mass is 302 g/mol. The van der Waals surface area contributed by atoms with Gasteiger partial charge in [0.15, 0.2) is 0 Å². The SMILES string of the molecule is C=C1/C(C(=N)N)=C\N/N=C\C=C/1N1CCC(N)(CCCC)C1. The van der Waals surface area contributed by atoms with Crippen LogP contribution in [-0.4, -0.2) is 35.6 Å². The van der Waals surface area contributed by atoms with Crippen molar-refractivity contribution in [2.45, 2.75) is 38.1 Å². The zero-order chi connectivity index (χ0) is 16.2. The minimum absolute atomic E-state index is 0.0234. The summed E-state index contributed by atoms with van der Waals surface area (Å²) in [5, 5.41) is 11.7. The minimum Gasteiger partial charge on any atom is -0.384 e. The molecule has 2 aliphatic rings. The van der Waals surface area contributed by atoms with Gasteiger partial charge >= 0.3 is 0 Å². The van der Waals surface area contributed by atoms with E-state index >= 15 is 0 Å². The zero-order valence-electron chi connectivity index (χ0n) is 13.2. The molecular formula is C16H26N6. The van der Waals surface area contributed by atoms with Gasteiger partial charge in [-0.1, -0.05) is 26.3 Å². The molecule has 0 bridgehead atoms. The van der Waals surface area contributed by atoms with Gasteiger partial charge in [-0.25, -0.2) is 0 Å². The number of likely N-dealkylation sites (tertiary alicyclic amines) is 1. The number of hydrogen-bond acceptors (Lipinski definition) is 5. The van der Waals surface area contributed by atoms with E-state index in [1.165, 1.54) is 0 Å². The fourth-order valence-corrected chi connectivity index (χ4v) is 2.95. The highest BCUT2D eigenvalue weighted by Crippen LogP contribution is 2.31. The van der Waals surface area contributed by atoms with Crippen LogP contribution in [0.15, 0.2) is 40.8 Å². The third kappa shape index (κ3) is 3.57. The second-order valence-corrected chi connectivity index (χ2v) is 6.05. The molecule has 0 amide bonds. The fourth-order valence-electron chi connectivity index (χ4n) is 2.95. The number of hydrazone groups is 1. The van der Waals surface area contributed by atoms with Crippen molar-refractivity contribution in [1.29, 1.82) is 5.41 Å². The number of amidine groups is 1. The van der Waals surface area contributed by atoms with Crippen molar-refractivity contribution in [2.75, 3.05) is 13.1 Å². The molecule has 1 atom stereocenters. The normalized spacial score (nSPS) is 31.4. The fraction of sp³-hybridized carbons (Fsp3) is 0.500. The number of rotatable bonds is 5. The topological polar surface area (TPSA) is 104 Å². The van der Waals surface area contributed by atoms with Crippen molar-refractivity contribution in [3.05, 3.63) is 35.7 Å². The average Bonchev–Trinajstić information content (AvgIpc) is 2.83. The van der Waals surface area contributed by atoms with E-state index in [0.29, 0.717) is 5.57 Å². The summed E-state index contributed by atoms with van der Waals surface area (Å²) in [5.41, 5.74) is 17.0. The predicted molar refractivity (Wildman–Crippen MR) is 91.5 cm³/mol. The predicted octanol–water partition coefficient (Wildman–Crippen LogP) is 1.43. The maximum Gasteiger partial charge on any atom is 0.124 e. The van der Waals surface area contributed by atoms with Crippen LogP contribution < -0.4 is 16.9 Å². The second kappa shape index (κ2) is 6.79. The molecule has 0 radical (unpaired) electrons. The standard InChI is InChI=1S/C16H26N6/c1-3-4-6-16(19)7-9-22(11-16)14-5-8-20-21-10-13(12(14)2)15(17)18/h5,8,10,21H,2-4,6-7,9,11,19H2,1H3,(H3,17,18)/b13-10+,14-5+,20-8-. The van der Waals surface area contributed by atoms with Crippen molar-refractivity contribution in [2.24, 2.45) is 16.6 Å². The van der Waals surface area contributed by atoms with Crippen LogP contribution in [0.3, 0.4) is 0 Å². The Morgan fingerprint density at radius 1 is 1.59 bits per heavy atom. The number of unbranched alkanes of at least 4 members (excludes halogenated alkanes) is 1. The Labute approximate surface area is 132 Å². The Morgan fingerprint density at radius 2 is 2.36 bits per heavy atom. The number of nitrogens with one attached hydrogen (secondary N) is 2. The maximum atomic E-state index is 7.70. The van der Waals surface area contributed by atoms with E-state index in [2.05, 4.69) is 28.9 Å². The van der Waals surface area contributed by atoms with Crippen LogP contribution in [0.2, 0.25) is 0 Å². The summed E-state index contributed by atoms with van der Waals surface area (Å²) in [6.45, 7) is 7.98. The Hall–Kier alpha value is -2.08. The molecule has 120 valence electrons. The summed E-state index contributed by atoms with van der Waals surface area (Å²) in [6.07, 6.45) is 9.50. The molecular weight excluding hydrogens is 276 g/mol. The second-order valence-electron chi connectivity index (χ2n) is 6.05. The van der Waals surface area contributed by atoms with Crippen LogP contribution in [-0.2, 0) is 0 Å². The molecule has 1 saturated heterocycles. The van der Waals surface area contributed by atoms with Gasteiger partial charge in [0.25, 0.3) is 0 Å². The van der Waals surface area contributed by atoms with Crippen molar-refractivity contribution in [3.8, 4) is 0 Å². The van der Waals surface area contributed by atoms with Crippen LogP contribution in [0.1, 0.15) is 32.6 Å². The van der Waals surface area contributed by atoms with Crippen molar-refractivity contribution in [3.63, 3.8) is 0 Å². The van der Waals surface area contributed by atoms with E-state index in [1.807, 2.05) is 6.08 Å². The van der Waals surface area contributed by atoms with Gasteiger partial charge in [-0.3, -0.25) is 10.8 Å². The first-order valence-corrected chi connectivity index (χ1v) is 7.74. The molecule has 6 nitrogen and oxygen atoms in total. The molecule has 6 heteroatoms. The lowest BCUT2D eigenvalue weighted by Crippen LogP contribution is -2.42. The molecule has 2 rings (SSSR count). The zero-order valence-corrected chi connectivity index (χ0v) is 13.2. The van der Waals surface area contributed by atoms with Gasteiger partial charge in [-0.2, -0.15) is 5.10 Å². The highest BCUT2D eigenvalue weighted by atomic mass is 15.3. The van der Waals surface area contributed by atoms with E-state index < -0.39 is 0 Å². The summed E-state index contributed by atoms with van der Waals surface area (Å²) in [4.78, 5) is 2.23. The van der Waals surface area contributed by atoms with Crippen molar-refractivity contribution < 1.29 is 0 Å². The molecule has 0 saturated carbocycles. The Bertz CT molecular complexity index is 545. The molecule has 2 aliphatic heterocycles. The molecule has 0 aliphatic carbocycles. The molecule has 6 N–H and O–H groups in total. The molecule has 1 fully saturated rings. The first kappa shape index (κ1) is 16.3. The first-order valence-electron chi connectivity index (χ1n) is 7.74. The molecule has 0 aromatic heterocycles. The van der Waals surface area contributed by atoms with E-state index in [-0.39, 0.29) is 11.4 Å². The third-order valence-electron chi connectivity index (χ3n) is 4.27. The lowest BCUT2D eigenvalue weighted by atomic mass is 9.93. The van der Waals surface area contributed by atoms with E-state index in [4.69, 9.17) is 16.9 Å². The minimum atomic E-state index is -0.144. The summed E-state index contributed by atoms with van der Waals surface area (Å²) in [5.74, 6) is -0.0234. The van der Waals surface area contributed by atoms with Gasteiger partial charge in [-0.05, 0) is 18.9 Å². The maximum absolute atomic E-state index is 7.70. The average molecular weight is 302 g/mol. The molecule has 0 spiro atoms. The Balaban J connectivity index is 2.19. The van der Waals surface area contributed by atoms with Crippen molar-refractivity contribution >= 4 is 12.1 Å². The molecule has 0 aromatic rings. The van der Waals surface area contributed by atoms with Gasteiger partial charge < -0.3 is 16.4 Å². The highest BCUT2D eigenvalue weighted by Gasteiger charge is 2.35. The lowest BCUT2D eigenvalue weighted by Gasteiger charge is -2.28. The van der Waals surface area contributed by atoms with Crippen molar-refractivity contribution in [1.82, 2.24) is 10.3 Å². The highest BCUT2D eigenvalue weighted by molar-refractivity contribution is 6.00. The third-order valence-corrected chi connectivity index (χ3v) is 4.27. The van der Waals surface area contributed by atoms with E-state index in [0.717, 1.165) is 50.0 Å². The summed E-state index contributed by atoms with van der Waals surface area (Å²) < 4.78 is 0. The Kier molecular flexibility index (Phi) is 5.03. The number of nitrogens with two attached hydrogens (primary N) is 2. The molecule has 22 heavy (non-hydrogen) atoms. The van der Waals surface area contributed by atoms with Gasteiger partial charge in [0, 0.05) is 47.9 Å². The summed E-state index contributed by atoms with van der Waals surface area (Å²) in [6, 6.07) is 0. The summed E-state index contributed by atoms with van der Waals surface area (Å²) in [7, 11) is 0. The van der Waals surface area contributed by atoms with Crippen LogP contribution in [0.25, 0.3) is 0 Å². The van der Waals surface area contributed by atoms with Crippen LogP contribution in [0, 0.1) is 5.41 Å². The number of allylic oxidation sites excluding steroid dienone is 2. The van der Waals surface area contributed by atoms with E-state index in [9.17, 15) is 0 Å².